The molecule has 2 amide bonds. The van der Waals surface area contributed by atoms with Gasteiger partial charge in [0.15, 0.2) is 11.6 Å². The lowest BCUT2D eigenvalue weighted by atomic mass is 9.97. The molecule has 0 unspecified atom stereocenters. The Morgan fingerprint density at radius 2 is 1.19 bits per heavy atom. The lowest BCUT2D eigenvalue weighted by molar-refractivity contribution is 0.0165. The molecule has 284 valence electrons. The van der Waals surface area contributed by atoms with E-state index >= 15 is 8.78 Å². The summed E-state index contributed by atoms with van der Waals surface area (Å²) < 4.78 is 49.1. The molecule has 0 spiro atoms. The lowest BCUT2D eigenvalue weighted by Gasteiger charge is -2.13. The van der Waals surface area contributed by atoms with Gasteiger partial charge in [0, 0.05) is 52.0 Å². The molecule has 6 rings (SSSR count). The Labute approximate surface area is 328 Å². The normalized spacial score (nSPS) is 11.1. The van der Waals surface area contributed by atoms with E-state index in [4.69, 9.17) is 31.5 Å². The highest BCUT2D eigenvalue weighted by Crippen LogP contribution is 2.30. The minimum Gasteiger partial charge on any atom is -0.394 e. The van der Waals surface area contributed by atoms with Crippen LogP contribution >= 0.6 is 43.5 Å². The summed E-state index contributed by atoms with van der Waals surface area (Å²) in [5, 5.41) is 18.0. The van der Waals surface area contributed by atoms with Crippen molar-refractivity contribution in [3.05, 3.63) is 126 Å². The smallest absolute Gasteiger partial charge is 0.275 e. The number of carbonyl (C=O) groups is 2. The first-order valence-corrected chi connectivity index (χ1v) is 18.0. The van der Waals surface area contributed by atoms with Crippen molar-refractivity contribution in [2.75, 3.05) is 26.4 Å². The number of aromatic nitrogens is 4. The van der Waals surface area contributed by atoms with Gasteiger partial charge in [0.05, 0.1) is 61.2 Å². The highest BCUT2D eigenvalue weighted by molar-refractivity contribution is 9.10. The minimum atomic E-state index is -0.696. The largest absolute Gasteiger partial charge is 0.394 e. The van der Waals surface area contributed by atoms with Gasteiger partial charge in [-0.1, -0.05) is 55.6 Å². The van der Waals surface area contributed by atoms with Gasteiger partial charge in [-0.15, -0.1) is 0 Å². The standard InChI is InChI=1S/C18H16BrClFN3O3.C18H16BrF2N3O3/c2*1-24-9-22-17-15(24)8-13(18(26)23-27-5-4-25)12(16(17)21)6-10-2-3-11(19)7-14(10)20/h2*2-3,7-9,25H,4-6H2,1H3,(H,23,26). The highest BCUT2D eigenvalue weighted by Gasteiger charge is 2.24. The number of aliphatic hydroxyl groups excluding tert-OH is 2. The molecule has 6 aromatic rings. The lowest BCUT2D eigenvalue weighted by Crippen LogP contribution is -2.26. The predicted molar refractivity (Wildman–Crippen MR) is 201 cm³/mol. The van der Waals surface area contributed by atoms with Gasteiger partial charge in [-0.05, 0) is 47.5 Å². The van der Waals surface area contributed by atoms with Gasteiger partial charge in [-0.25, -0.2) is 34.1 Å². The van der Waals surface area contributed by atoms with Gasteiger partial charge >= 0.3 is 0 Å². The van der Waals surface area contributed by atoms with Gasteiger partial charge in [0.2, 0.25) is 0 Å². The van der Waals surface area contributed by atoms with Crippen molar-refractivity contribution in [3.8, 4) is 0 Å². The Morgan fingerprint density at radius 3 is 1.63 bits per heavy atom. The molecule has 0 aliphatic rings. The van der Waals surface area contributed by atoms with Gasteiger partial charge in [-0.2, -0.15) is 0 Å². The van der Waals surface area contributed by atoms with Gasteiger partial charge in [-0.3, -0.25) is 19.3 Å². The number of fused-ring (bicyclic) bond motifs is 2. The summed E-state index contributed by atoms with van der Waals surface area (Å²) in [6.45, 7) is -0.724. The quantitative estimate of drug-likeness (QED) is 0.0834. The van der Waals surface area contributed by atoms with Gasteiger partial charge in [0.25, 0.3) is 11.8 Å². The fourth-order valence-corrected chi connectivity index (χ4v) is 6.50. The number of benzene rings is 4. The Balaban J connectivity index is 0.000000208. The van der Waals surface area contributed by atoms with Crippen LogP contribution in [0.4, 0.5) is 13.2 Å². The second kappa shape index (κ2) is 18.3. The molecule has 0 aliphatic heterocycles. The molecule has 2 heterocycles. The molecule has 0 aliphatic carbocycles. The summed E-state index contributed by atoms with van der Waals surface area (Å²) in [7, 11) is 3.39. The predicted octanol–water partition coefficient (Wildman–Crippen LogP) is 6.23. The summed E-state index contributed by atoms with van der Waals surface area (Å²) in [4.78, 5) is 42.8. The van der Waals surface area contributed by atoms with E-state index in [-0.39, 0.29) is 78.1 Å². The molecule has 2 aromatic heterocycles. The maximum atomic E-state index is 15.2. The van der Waals surface area contributed by atoms with Crippen molar-refractivity contribution >= 4 is 77.3 Å². The number of aryl methyl sites for hydroxylation is 2. The van der Waals surface area contributed by atoms with E-state index in [1.165, 1.54) is 30.9 Å². The fraction of sp³-hybridized carbons (Fsp3) is 0.222. The molecular weight excluding hydrogens is 865 g/mol. The van der Waals surface area contributed by atoms with Crippen LogP contribution in [0.25, 0.3) is 22.1 Å². The van der Waals surface area contributed by atoms with E-state index in [0.717, 1.165) is 4.47 Å². The minimum absolute atomic E-state index is 0.00357. The number of hydrogen-bond donors (Lipinski definition) is 4. The zero-order chi connectivity index (χ0) is 39.1. The van der Waals surface area contributed by atoms with Gasteiger partial charge in [0.1, 0.15) is 16.9 Å². The van der Waals surface area contributed by atoms with Crippen LogP contribution in [-0.4, -0.2) is 67.6 Å². The van der Waals surface area contributed by atoms with Crippen molar-refractivity contribution < 1.29 is 42.6 Å². The Hall–Kier alpha value is -4.36. The van der Waals surface area contributed by atoms with Crippen LogP contribution in [0.2, 0.25) is 5.02 Å². The average Bonchev–Trinajstić information content (AvgIpc) is 3.71. The van der Waals surface area contributed by atoms with Crippen LogP contribution in [0.15, 0.2) is 70.1 Å². The Bertz CT molecular complexity index is 2180. The van der Waals surface area contributed by atoms with Crippen LogP contribution in [-0.2, 0) is 36.6 Å². The number of nitrogens with one attached hydrogen (secondary N) is 2. The monoisotopic (exact) mass is 894 g/mol. The number of nitrogens with zero attached hydrogens (tertiary/aromatic N) is 4. The van der Waals surface area contributed by atoms with E-state index in [9.17, 15) is 14.0 Å². The molecule has 0 atom stereocenters. The van der Waals surface area contributed by atoms with Crippen molar-refractivity contribution in [2.24, 2.45) is 14.1 Å². The topological polar surface area (TPSA) is 153 Å². The van der Waals surface area contributed by atoms with Crippen LogP contribution in [0.1, 0.15) is 43.0 Å². The molecule has 18 heteroatoms. The summed E-state index contributed by atoms with van der Waals surface area (Å²) >= 11 is 12.8. The average molecular weight is 897 g/mol. The first kappa shape index (κ1) is 40.8. The van der Waals surface area contributed by atoms with Crippen LogP contribution < -0.4 is 11.0 Å². The summed E-state index contributed by atoms with van der Waals surface area (Å²) in [5.74, 6) is -3.11. The van der Waals surface area contributed by atoms with E-state index in [1.54, 1.807) is 53.6 Å². The van der Waals surface area contributed by atoms with E-state index < -0.39 is 29.3 Å². The first-order chi connectivity index (χ1) is 25.8. The molecule has 54 heavy (non-hydrogen) atoms. The molecule has 0 fully saturated rings. The third kappa shape index (κ3) is 9.29. The van der Waals surface area contributed by atoms with Crippen LogP contribution in [0.3, 0.4) is 0 Å². The maximum absolute atomic E-state index is 15.2. The molecule has 12 nitrogen and oxygen atoms in total. The number of amides is 2. The van der Waals surface area contributed by atoms with Crippen molar-refractivity contribution in [1.82, 2.24) is 30.1 Å². The second-order valence-electron chi connectivity index (χ2n) is 11.7. The SMILES string of the molecule is Cn1cnc2c(F)c(Cc3ccc(Br)cc3Cl)c(C(=O)NOCCO)cc21.Cn1cnc2c(F)c(Cc3ccc(Br)cc3F)c(C(=O)NOCCO)cc21. The summed E-state index contributed by atoms with van der Waals surface area (Å²) in [6.07, 6.45) is 2.88. The van der Waals surface area contributed by atoms with Crippen molar-refractivity contribution in [2.45, 2.75) is 12.8 Å². The summed E-state index contributed by atoms with van der Waals surface area (Å²) in [5.41, 5.74) is 6.72. The van der Waals surface area contributed by atoms with E-state index in [2.05, 4.69) is 52.8 Å². The third-order valence-corrected chi connectivity index (χ3v) is 9.43. The number of halogens is 6. The third-order valence-electron chi connectivity index (χ3n) is 8.09. The van der Waals surface area contributed by atoms with E-state index in [1.807, 2.05) is 0 Å². The first-order valence-electron chi connectivity index (χ1n) is 16.0. The number of carbonyl (C=O) groups excluding carboxylic acids is 2. The van der Waals surface area contributed by atoms with Gasteiger partial charge < -0.3 is 19.3 Å². The molecule has 4 N–H and O–H groups in total. The Kier molecular flexibility index (Phi) is 13.8. The van der Waals surface area contributed by atoms with Crippen molar-refractivity contribution in [1.29, 1.82) is 0 Å². The molecule has 0 saturated heterocycles. The zero-order valence-corrected chi connectivity index (χ0v) is 32.5. The number of imidazole rings is 2. The molecule has 0 saturated carbocycles. The zero-order valence-electron chi connectivity index (χ0n) is 28.6. The Morgan fingerprint density at radius 1 is 0.741 bits per heavy atom. The molecule has 0 bridgehead atoms. The number of rotatable bonds is 12. The summed E-state index contributed by atoms with van der Waals surface area (Å²) in [6, 6.07) is 12.7. The molecule has 0 radical (unpaired) electrons. The molecule has 4 aromatic carbocycles. The van der Waals surface area contributed by atoms with Crippen molar-refractivity contribution in [3.63, 3.8) is 0 Å². The van der Waals surface area contributed by atoms with Crippen LogP contribution in [0.5, 0.6) is 0 Å². The highest BCUT2D eigenvalue weighted by atomic mass is 79.9. The molecular formula is C36H32Br2ClF3N6O6. The maximum Gasteiger partial charge on any atom is 0.275 e. The van der Waals surface area contributed by atoms with E-state index in [0.29, 0.717) is 26.1 Å². The number of aliphatic hydroxyl groups is 2. The number of hydroxylamine groups is 2. The van der Waals surface area contributed by atoms with Crippen LogP contribution in [0, 0.1) is 17.5 Å². The number of hydrogen-bond acceptors (Lipinski definition) is 8. The fourth-order valence-electron chi connectivity index (χ4n) is 5.42. The second-order valence-corrected chi connectivity index (χ2v) is 13.9.